The van der Waals surface area contributed by atoms with Gasteiger partial charge < -0.3 is 5.11 Å². The zero-order valence-electron chi connectivity index (χ0n) is 18.7. The number of amides is 1. The first-order chi connectivity index (χ1) is 15.3. The van der Waals surface area contributed by atoms with E-state index in [9.17, 15) is 14.7 Å². The van der Waals surface area contributed by atoms with Crippen LogP contribution in [0, 0.1) is 13.8 Å². The van der Waals surface area contributed by atoms with Crippen LogP contribution in [0.1, 0.15) is 53.6 Å². The molecular formula is C27H26N2O3. The second kappa shape index (κ2) is 8.42. The van der Waals surface area contributed by atoms with E-state index in [4.69, 9.17) is 0 Å². The zero-order valence-corrected chi connectivity index (χ0v) is 18.7. The van der Waals surface area contributed by atoms with Gasteiger partial charge in [0.05, 0.1) is 11.6 Å². The van der Waals surface area contributed by atoms with Crippen LogP contribution in [-0.4, -0.2) is 21.8 Å². The van der Waals surface area contributed by atoms with Crippen molar-refractivity contribution in [1.82, 2.24) is 4.98 Å². The van der Waals surface area contributed by atoms with Gasteiger partial charge in [0, 0.05) is 23.6 Å². The average Bonchev–Trinajstić information content (AvgIpc) is 3.06. The van der Waals surface area contributed by atoms with E-state index in [1.54, 1.807) is 24.5 Å². The van der Waals surface area contributed by atoms with Gasteiger partial charge in [-0.25, -0.2) is 0 Å². The number of nitrogens with zero attached hydrogens (tertiary/aromatic N) is 2. The normalized spacial score (nSPS) is 17.9. The first kappa shape index (κ1) is 21.5. The number of carbonyl (C=O) groups excluding carboxylic acids is 2. The molecule has 1 aromatic heterocycles. The molecule has 1 amide bonds. The molecule has 5 nitrogen and oxygen atoms in total. The van der Waals surface area contributed by atoms with Crippen molar-refractivity contribution in [3.63, 3.8) is 0 Å². The maximum atomic E-state index is 13.2. The van der Waals surface area contributed by atoms with E-state index in [1.165, 1.54) is 4.90 Å². The van der Waals surface area contributed by atoms with E-state index in [0.29, 0.717) is 22.7 Å². The highest BCUT2D eigenvalue weighted by atomic mass is 16.3. The molecule has 1 saturated heterocycles. The monoisotopic (exact) mass is 426 g/mol. The number of rotatable bonds is 4. The lowest BCUT2D eigenvalue weighted by Gasteiger charge is -2.25. The van der Waals surface area contributed by atoms with Gasteiger partial charge in [-0.1, -0.05) is 43.7 Å². The fourth-order valence-electron chi connectivity index (χ4n) is 4.12. The summed E-state index contributed by atoms with van der Waals surface area (Å²) in [5.41, 5.74) is 4.88. The van der Waals surface area contributed by atoms with Gasteiger partial charge >= 0.3 is 0 Å². The summed E-state index contributed by atoms with van der Waals surface area (Å²) in [5, 5.41) is 11.3. The van der Waals surface area contributed by atoms with Gasteiger partial charge in [-0.15, -0.1) is 0 Å². The lowest BCUT2D eigenvalue weighted by molar-refractivity contribution is -0.132. The number of benzene rings is 2. The quantitative estimate of drug-likeness (QED) is 0.342. The summed E-state index contributed by atoms with van der Waals surface area (Å²) in [5.74, 6) is -1.17. The van der Waals surface area contributed by atoms with Gasteiger partial charge in [-0.05, 0) is 66.8 Å². The maximum absolute atomic E-state index is 13.2. The largest absolute Gasteiger partial charge is 0.507 e. The average molecular weight is 427 g/mol. The van der Waals surface area contributed by atoms with Gasteiger partial charge in [0.15, 0.2) is 0 Å². The van der Waals surface area contributed by atoms with E-state index in [2.05, 4.69) is 18.8 Å². The van der Waals surface area contributed by atoms with Gasteiger partial charge in [0.2, 0.25) is 0 Å². The Hall–Kier alpha value is -3.73. The van der Waals surface area contributed by atoms with Crippen molar-refractivity contribution in [1.29, 1.82) is 0 Å². The fourth-order valence-corrected chi connectivity index (χ4v) is 4.12. The molecule has 3 aromatic rings. The third-order valence-corrected chi connectivity index (χ3v) is 5.95. The van der Waals surface area contributed by atoms with E-state index >= 15 is 0 Å². The highest BCUT2D eigenvalue weighted by Crippen LogP contribution is 2.42. The summed E-state index contributed by atoms with van der Waals surface area (Å²) < 4.78 is 0. The van der Waals surface area contributed by atoms with Crippen LogP contribution in [0.2, 0.25) is 0 Å². The summed E-state index contributed by atoms with van der Waals surface area (Å²) in [4.78, 5) is 32.0. The molecule has 4 rings (SSSR count). The SMILES string of the molecule is Cc1ccc(C)c(/C(O)=C2\C(=O)C(=O)N(c3ccc(C(C)C)cc3)C2c2ccncc2)c1. The smallest absolute Gasteiger partial charge is 0.300 e. The number of aliphatic hydroxyl groups excluding tert-OH is 1. The Labute approximate surface area is 188 Å². The second-order valence-corrected chi connectivity index (χ2v) is 8.51. The van der Waals surface area contributed by atoms with E-state index in [1.807, 2.05) is 56.3 Å². The van der Waals surface area contributed by atoms with Crippen LogP contribution >= 0.6 is 0 Å². The molecule has 2 aromatic carbocycles. The summed E-state index contributed by atoms with van der Waals surface area (Å²) in [6.07, 6.45) is 3.24. The lowest BCUT2D eigenvalue weighted by atomic mass is 9.93. The van der Waals surface area contributed by atoms with Gasteiger partial charge in [0.25, 0.3) is 11.7 Å². The molecule has 1 fully saturated rings. The maximum Gasteiger partial charge on any atom is 0.300 e. The molecular weight excluding hydrogens is 400 g/mol. The van der Waals surface area contributed by atoms with Crippen molar-refractivity contribution >= 4 is 23.1 Å². The van der Waals surface area contributed by atoms with Gasteiger partial charge in [-0.2, -0.15) is 0 Å². The van der Waals surface area contributed by atoms with Crippen LogP contribution in [0.4, 0.5) is 5.69 Å². The molecule has 1 aliphatic heterocycles. The highest BCUT2D eigenvalue weighted by molar-refractivity contribution is 6.51. The molecule has 0 aliphatic carbocycles. The van der Waals surface area contributed by atoms with Crippen LogP contribution in [0.15, 0.2) is 72.6 Å². The third-order valence-electron chi connectivity index (χ3n) is 5.95. The molecule has 5 heteroatoms. The Morgan fingerprint density at radius 2 is 1.62 bits per heavy atom. The summed E-state index contributed by atoms with van der Waals surface area (Å²) >= 11 is 0. The van der Waals surface area contributed by atoms with E-state index < -0.39 is 17.7 Å². The molecule has 1 unspecified atom stereocenters. The molecule has 0 radical (unpaired) electrons. The van der Waals surface area contributed by atoms with Crippen molar-refractivity contribution < 1.29 is 14.7 Å². The molecule has 2 heterocycles. The Morgan fingerprint density at radius 3 is 2.25 bits per heavy atom. The third kappa shape index (κ3) is 3.71. The number of pyridine rings is 1. The topological polar surface area (TPSA) is 70.5 Å². The minimum Gasteiger partial charge on any atom is -0.507 e. The number of ketones is 1. The number of aromatic nitrogens is 1. The first-order valence-corrected chi connectivity index (χ1v) is 10.7. The number of hydrogen-bond acceptors (Lipinski definition) is 4. The second-order valence-electron chi connectivity index (χ2n) is 8.51. The molecule has 1 atom stereocenters. The van der Waals surface area contributed by atoms with Crippen molar-refractivity contribution in [2.24, 2.45) is 0 Å². The fraction of sp³-hybridized carbons (Fsp3) is 0.222. The van der Waals surface area contributed by atoms with Crippen LogP contribution in [0.25, 0.3) is 5.76 Å². The Bertz CT molecular complexity index is 1210. The van der Waals surface area contributed by atoms with Gasteiger partial charge in [-0.3, -0.25) is 19.5 Å². The Kier molecular flexibility index (Phi) is 5.66. The number of hydrogen-bond donors (Lipinski definition) is 1. The summed E-state index contributed by atoms with van der Waals surface area (Å²) in [6.45, 7) is 7.99. The van der Waals surface area contributed by atoms with E-state index in [-0.39, 0.29) is 11.3 Å². The predicted molar refractivity (Wildman–Crippen MR) is 125 cm³/mol. The standard InChI is InChI=1S/C27H26N2O3/c1-16(2)19-7-9-21(10-8-19)29-24(20-11-13-28-14-12-20)23(26(31)27(29)32)25(30)22-15-17(3)5-6-18(22)4/h5-16,24,30H,1-4H3/b25-23+. The molecule has 32 heavy (non-hydrogen) atoms. The molecule has 0 bridgehead atoms. The summed E-state index contributed by atoms with van der Waals surface area (Å²) in [6, 6.07) is 16.1. The molecule has 1 N–H and O–H groups in total. The van der Waals surface area contributed by atoms with Crippen molar-refractivity contribution in [3.8, 4) is 0 Å². The van der Waals surface area contributed by atoms with Crippen LogP contribution in [0.3, 0.4) is 0 Å². The van der Waals surface area contributed by atoms with Crippen LogP contribution in [-0.2, 0) is 9.59 Å². The van der Waals surface area contributed by atoms with Gasteiger partial charge in [0.1, 0.15) is 5.76 Å². The molecule has 1 aliphatic rings. The molecule has 0 spiro atoms. The Morgan fingerprint density at radius 1 is 0.969 bits per heavy atom. The lowest BCUT2D eigenvalue weighted by Crippen LogP contribution is -2.29. The molecule has 0 saturated carbocycles. The number of anilines is 1. The number of aryl methyl sites for hydroxylation is 2. The molecule has 162 valence electrons. The van der Waals surface area contributed by atoms with E-state index in [0.717, 1.165) is 16.7 Å². The predicted octanol–water partition coefficient (Wildman–Crippen LogP) is 5.45. The van der Waals surface area contributed by atoms with Crippen molar-refractivity contribution in [3.05, 3.63) is 100 Å². The highest BCUT2D eigenvalue weighted by Gasteiger charge is 2.47. The van der Waals surface area contributed by atoms with Crippen molar-refractivity contribution in [2.75, 3.05) is 4.90 Å². The number of aliphatic hydroxyl groups is 1. The minimum absolute atomic E-state index is 0.0860. The van der Waals surface area contributed by atoms with Crippen LogP contribution < -0.4 is 4.90 Å². The summed E-state index contributed by atoms with van der Waals surface area (Å²) in [7, 11) is 0. The number of Topliss-reactive ketones (excluding diaryl/α,β-unsaturated/α-hetero) is 1. The first-order valence-electron chi connectivity index (χ1n) is 10.7. The minimum atomic E-state index is -0.747. The zero-order chi connectivity index (χ0) is 23.0. The van der Waals surface area contributed by atoms with Crippen LogP contribution in [0.5, 0.6) is 0 Å². The van der Waals surface area contributed by atoms with Crippen molar-refractivity contribution in [2.45, 2.75) is 39.7 Å². The Balaban J connectivity index is 1.93. The number of carbonyl (C=O) groups is 2.